The van der Waals surface area contributed by atoms with Crippen molar-refractivity contribution in [3.05, 3.63) is 64.2 Å². The third-order valence-corrected chi connectivity index (χ3v) is 5.88. The fourth-order valence-electron chi connectivity index (χ4n) is 4.13. The van der Waals surface area contributed by atoms with E-state index < -0.39 is 0 Å². The molecule has 1 N–H and O–H groups in total. The second-order valence-electron chi connectivity index (χ2n) is 8.48. The Morgan fingerprint density at radius 3 is 2.31 bits per heavy atom. The Kier molecular flexibility index (Phi) is 6.96. The zero-order valence-electron chi connectivity index (χ0n) is 18.4. The summed E-state index contributed by atoms with van der Waals surface area (Å²) in [6.07, 6.45) is 2.59. The largest absolute Gasteiger partial charge is 0.496 e. The predicted molar refractivity (Wildman–Crippen MR) is 119 cm³/mol. The van der Waals surface area contributed by atoms with E-state index in [4.69, 9.17) is 4.74 Å². The molecule has 3 rings (SSSR count). The summed E-state index contributed by atoms with van der Waals surface area (Å²) in [5.41, 5.74) is 5.40. The van der Waals surface area contributed by atoms with Crippen LogP contribution in [0.3, 0.4) is 0 Å². The zero-order valence-corrected chi connectivity index (χ0v) is 18.4. The molecule has 4 heteroatoms. The third-order valence-electron chi connectivity index (χ3n) is 5.88. The molecule has 2 aromatic rings. The number of amides is 1. The number of hydrogen-bond acceptors (Lipinski definition) is 3. The number of aryl methyl sites for hydroxylation is 1. The number of carbonyl (C=O) groups excluding carboxylic acids is 1. The second kappa shape index (κ2) is 9.45. The molecular weight excluding hydrogens is 360 g/mol. The smallest absolute Gasteiger partial charge is 0.251 e. The Hall–Kier alpha value is -2.33. The van der Waals surface area contributed by atoms with E-state index >= 15 is 0 Å². The molecule has 1 amide bonds. The van der Waals surface area contributed by atoms with Crippen LogP contribution in [0.15, 0.2) is 36.4 Å². The van der Waals surface area contributed by atoms with Gasteiger partial charge in [-0.15, -0.1) is 0 Å². The number of rotatable bonds is 7. The molecule has 0 radical (unpaired) electrons. The van der Waals surface area contributed by atoms with Gasteiger partial charge in [0.1, 0.15) is 5.75 Å². The van der Waals surface area contributed by atoms with Crippen LogP contribution in [0, 0.1) is 6.92 Å². The fraction of sp³-hybridized carbons (Fsp3) is 0.480. The molecule has 1 heterocycles. The quantitative estimate of drug-likeness (QED) is 0.700. The molecule has 1 fully saturated rings. The van der Waals surface area contributed by atoms with Gasteiger partial charge in [-0.2, -0.15) is 0 Å². The van der Waals surface area contributed by atoms with Gasteiger partial charge in [0, 0.05) is 12.1 Å². The minimum Gasteiger partial charge on any atom is -0.496 e. The molecule has 29 heavy (non-hydrogen) atoms. The number of likely N-dealkylation sites (tertiary alicyclic amines) is 1. The Balaban J connectivity index is 1.69. The first-order chi connectivity index (χ1) is 13.9. The number of carbonyl (C=O) groups is 1. The topological polar surface area (TPSA) is 41.6 Å². The van der Waals surface area contributed by atoms with Crippen molar-refractivity contribution in [3.63, 3.8) is 0 Å². The first kappa shape index (κ1) is 21.4. The van der Waals surface area contributed by atoms with E-state index in [9.17, 15) is 4.79 Å². The molecule has 0 aromatic heterocycles. The lowest BCUT2D eigenvalue weighted by Gasteiger charge is -2.21. The number of nitrogens with one attached hydrogen (secondary N) is 1. The molecule has 156 valence electrons. The van der Waals surface area contributed by atoms with Crippen molar-refractivity contribution < 1.29 is 9.53 Å². The fourth-order valence-corrected chi connectivity index (χ4v) is 4.13. The van der Waals surface area contributed by atoms with Crippen LogP contribution < -0.4 is 10.1 Å². The van der Waals surface area contributed by atoms with E-state index in [0.29, 0.717) is 11.5 Å². The molecule has 1 saturated heterocycles. The Morgan fingerprint density at radius 1 is 1.07 bits per heavy atom. The molecule has 1 aliphatic rings. The molecule has 1 atom stereocenters. The van der Waals surface area contributed by atoms with Gasteiger partial charge in [0.05, 0.1) is 13.2 Å². The number of methoxy groups -OCH3 is 1. The van der Waals surface area contributed by atoms with E-state index in [2.05, 4.69) is 55.3 Å². The maximum absolute atomic E-state index is 12.8. The second-order valence-corrected chi connectivity index (χ2v) is 8.48. The zero-order chi connectivity index (χ0) is 21.0. The maximum atomic E-state index is 12.8. The highest BCUT2D eigenvalue weighted by Crippen LogP contribution is 2.32. The lowest BCUT2D eigenvalue weighted by molar-refractivity contribution is 0.0940. The summed E-state index contributed by atoms with van der Waals surface area (Å²) >= 11 is 0. The lowest BCUT2D eigenvalue weighted by atomic mass is 9.93. The molecule has 0 bridgehead atoms. The number of hydrogen-bond donors (Lipinski definition) is 1. The summed E-state index contributed by atoms with van der Waals surface area (Å²) in [5, 5.41) is 3.16. The van der Waals surface area contributed by atoms with Crippen LogP contribution in [0.1, 0.15) is 78.2 Å². The molecule has 2 aromatic carbocycles. The minimum absolute atomic E-state index is 0.0356. The van der Waals surface area contributed by atoms with Crippen molar-refractivity contribution in [1.29, 1.82) is 0 Å². The van der Waals surface area contributed by atoms with Gasteiger partial charge in [-0.25, -0.2) is 0 Å². The Bertz CT molecular complexity index is 837. The van der Waals surface area contributed by atoms with Gasteiger partial charge in [-0.1, -0.05) is 26.0 Å². The van der Waals surface area contributed by atoms with Crippen molar-refractivity contribution in [1.82, 2.24) is 10.2 Å². The van der Waals surface area contributed by atoms with Crippen molar-refractivity contribution >= 4 is 5.91 Å². The standard InChI is InChI=1S/C25H34N2O2/c1-17(2)22-15-23(18(3)14-24(22)29-5)19(4)26-25(28)21-10-8-20(9-11-21)16-27-12-6-7-13-27/h8-11,14-15,17,19H,6-7,12-13,16H2,1-5H3,(H,26,28)/t19-/m0/s1. The van der Waals surface area contributed by atoms with Crippen LogP contribution in [0.4, 0.5) is 0 Å². The molecule has 4 nitrogen and oxygen atoms in total. The van der Waals surface area contributed by atoms with Gasteiger partial charge in [0.15, 0.2) is 0 Å². The van der Waals surface area contributed by atoms with E-state index in [-0.39, 0.29) is 11.9 Å². The van der Waals surface area contributed by atoms with Crippen LogP contribution >= 0.6 is 0 Å². The average molecular weight is 395 g/mol. The van der Waals surface area contributed by atoms with Crippen molar-refractivity contribution in [2.24, 2.45) is 0 Å². The van der Waals surface area contributed by atoms with E-state index in [1.807, 2.05) is 19.1 Å². The predicted octanol–water partition coefficient (Wildman–Crippen LogP) is 5.21. The lowest BCUT2D eigenvalue weighted by Crippen LogP contribution is -2.27. The van der Waals surface area contributed by atoms with Crippen LogP contribution in [0.25, 0.3) is 0 Å². The Morgan fingerprint density at radius 2 is 1.72 bits per heavy atom. The highest BCUT2D eigenvalue weighted by atomic mass is 16.5. The van der Waals surface area contributed by atoms with Gasteiger partial charge in [0.25, 0.3) is 5.91 Å². The first-order valence-electron chi connectivity index (χ1n) is 10.7. The molecular formula is C25H34N2O2. The van der Waals surface area contributed by atoms with Crippen LogP contribution in [0.5, 0.6) is 5.75 Å². The molecule has 0 aliphatic carbocycles. The summed E-state index contributed by atoms with van der Waals surface area (Å²) < 4.78 is 5.54. The van der Waals surface area contributed by atoms with Gasteiger partial charge >= 0.3 is 0 Å². The van der Waals surface area contributed by atoms with Crippen molar-refractivity contribution in [2.75, 3.05) is 20.2 Å². The summed E-state index contributed by atoms with van der Waals surface area (Å²) in [7, 11) is 1.71. The van der Waals surface area contributed by atoms with Crippen LogP contribution in [-0.2, 0) is 6.54 Å². The number of benzene rings is 2. The normalized spacial score (nSPS) is 15.5. The first-order valence-corrected chi connectivity index (χ1v) is 10.7. The van der Waals surface area contributed by atoms with E-state index in [1.165, 1.54) is 37.1 Å². The summed E-state index contributed by atoms with van der Waals surface area (Å²) in [4.78, 5) is 15.3. The average Bonchev–Trinajstić information content (AvgIpc) is 3.20. The summed E-state index contributed by atoms with van der Waals surface area (Å²) in [5.74, 6) is 1.23. The molecule has 0 unspecified atom stereocenters. The Labute approximate surface area is 175 Å². The SMILES string of the molecule is COc1cc(C)c([C@H](C)NC(=O)c2ccc(CN3CCCC3)cc2)cc1C(C)C. The van der Waals surface area contributed by atoms with Gasteiger partial charge < -0.3 is 10.1 Å². The molecule has 1 aliphatic heterocycles. The number of nitrogens with zero attached hydrogens (tertiary/aromatic N) is 1. The van der Waals surface area contributed by atoms with Gasteiger partial charge in [0.2, 0.25) is 0 Å². The van der Waals surface area contributed by atoms with Crippen LogP contribution in [-0.4, -0.2) is 31.0 Å². The van der Waals surface area contributed by atoms with Crippen molar-refractivity contribution in [2.45, 2.75) is 59.0 Å². The van der Waals surface area contributed by atoms with Crippen LogP contribution in [0.2, 0.25) is 0 Å². The van der Waals surface area contributed by atoms with Crippen molar-refractivity contribution in [3.8, 4) is 5.75 Å². The number of ether oxygens (including phenoxy) is 1. The monoisotopic (exact) mass is 394 g/mol. The van der Waals surface area contributed by atoms with E-state index in [1.54, 1.807) is 7.11 Å². The maximum Gasteiger partial charge on any atom is 0.251 e. The third kappa shape index (κ3) is 5.18. The highest BCUT2D eigenvalue weighted by Gasteiger charge is 2.18. The molecule has 0 saturated carbocycles. The summed E-state index contributed by atoms with van der Waals surface area (Å²) in [6.45, 7) is 11.8. The minimum atomic E-state index is -0.0739. The molecule has 0 spiro atoms. The summed E-state index contributed by atoms with van der Waals surface area (Å²) in [6, 6.07) is 12.2. The van der Waals surface area contributed by atoms with Gasteiger partial charge in [-0.05, 0) is 92.2 Å². The highest BCUT2D eigenvalue weighted by molar-refractivity contribution is 5.94. The van der Waals surface area contributed by atoms with E-state index in [0.717, 1.165) is 23.4 Å². The van der Waals surface area contributed by atoms with Gasteiger partial charge in [-0.3, -0.25) is 9.69 Å².